The first kappa shape index (κ1) is 21.6. The van der Waals surface area contributed by atoms with Gasteiger partial charge in [-0.15, -0.1) is 16.9 Å². The van der Waals surface area contributed by atoms with Crippen molar-refractivity contribution >= 4 is 35.3 Å². The zero-order valence-electron chi connectivity index (χ0n) is 15.6. The van der Waals surface area contributed by atoms with Crippen LogP contribution < -0.4 is 5.73 Å². The number of hydrogen-bond acceptors (Lipinski definition) is 9. The van der Waals surface area contributed by atoms with Crippen LogP contribution in [0.1, 0.15) is 23.2 Å². The molecule has 0 fully saturated rings. The molecule has 2 heterocycles. The second-order valence-electron chi connectivity index (χ2n) is 6.08. The number of rotatable bonds is 8. The molecule has 1 atom stereocenters. The number of nitriles is 1. The van der Waals surface area contributed by atoms with Crippen molar-refractivity contribution in [1.29, 1.82) is 5.26 Å². The van der Waals surface area contributed by atoms with Gasteiger partial charge in [-0.1, -0.05) is 34.9 Å². The van der Waals surface area contributed by atoms with E-state index in [1.165, 1.54) is 22.9 Å². The summed E-state index contributed by atoms with van der Waals surface area (Å²) in [6.45, 7) is -0.345. The highest BCUT2D eigenvalue weighted by Crippen LogP contribution is 2.29. The summed E-state index contributed by atoms with van der Waals surface area (Å²) in [7, 11) is 0. The van der Waals surface area contributed by atoms with Crippen molar-refractivity contribution in [2.45, 2.75) is 17.5 Å². The first-order chi connectivity index (χ1) is 14.5. The zero-order valence-corrected chi connectivity index (χ0v) is 17.2. The standard InChI is InChI=1S/C19H17ClN6O3S/c20-14-3-1-2-4-16(14)30-11-17(28)26(9-12-5-6-13(7-21)23-8-12)15(10-27)18-24-25-19(22)29-18/h1-6,8,15,27H,9-11H2,(H2,22,25)/t15-/m0/s1. The summed E-state index contributed by atoms with van der Waals surface area (Å²) in [5, 5.41) is 26.8. The molecule has 2 aromatic heterocycles. The number of aromatic nitrogens is 3. The van der Waals surface area contributed by atoms with Crippen molar-refractivity contribution in [3.05, 3.63) is 64.8 Å². The second-order valence-corrected chi connectivity index (χ2v) is 7.51. The van der Waals surface area contributed by atoms with E-state index in [2.05, 4.69) is 15.2 Å². The number of anilines is 1. The number of halogens is 1. The number of pyridine rings is 1. The number of nitrogen functional groups attached to an aromatic ring is 1. The van der Waals surface area contributed by atoms with Crippen molar-refractivity contribution in [3.63, 3.8) is 0 Å². The number of benzene rings is 1. The Morgan fingerprint density at radius 3 is 2.73 bits per heavy atom. The quantitative estimate of drug-likeness (QED) is 0.500. The maximum absolute atomic E-state index is 13.1. The highest BCUT2D eigenvalue weighted by molar-refractivity contribution is 8.00. The van der Waals surface area contributed by atoms with Crippen molar-refractivity contribution < 1.29 is 14.3 Å². The number of carbonyl (C=O) groups excluding carboxylic acids is 1. The molecular weight excluding hydrogens is 428 g/mol. The van der Waals surface area contributed by atoms with Crippen LogP contribution in [0.25, 0.3) is 0 Å². The minimum Gasteiger partial charge on any atom is -0.406 e. The van der Waals surface area contributed by atoms with Gasteiger partial charge in [0.2, 0.25) is 11.8 Å². The van der Waals surface area contributed by atoms with Crippen LogP contribution in [0.5, 0.6) is 0 Å². The number of amides is 1. The smallest absolute Gasteiger partial charge is 0.312 e. The van der Waals surface area contributed by atoms with Crippen LogP contribution in [-0.2, 0) is 11.3 Å². The lowest BCUT2D eigenvalue weighted by Crippen LogP contribution is -2.37. The number of aliphatic hydroxyl groups excluding tert-OH is 1. The number of thioether (sulfide) groups is 1. The van der Waals surface area contributed by atoms with E-state index in [-0.39, 0.29) is 35.8 Å². The molecule has 0 saturated heterocycles. The summed E-state index contributed by atoms with van der Waals surface area (Å²) in [6, 6.07) is 11.3. The Morgan fingerprint density at radius 1 is 1.33 bits per heavy atom. The summed E-state index contributed by atoms with van der Waals surface area (Å²) < 4.78 is 5.24. The molecular formula is C19H17ClN6O3S. The minimum absolute atomic E-state index is 0.0210. The Balaban J connectivity index is 1.84. The van der Waals surface area contributed by atoms with Gasteiger partial charge in [0, 0.05) is 17.6 Å². The number of nitrogens with two attached hydrogens (primary N) is 1. The first-order valence-electron chi connectivity index (χ1n) is 8.73. The molecule has 30 heavy (non-hydrogen) atoms. The molecule has 0 unspecified atom stereocenters. The van der Waals surface area contributed by atoms with Gasteiger partial charge in [0.25, 0.3) is 0 Å². The van der Waals surface area contributed by atoms with Crippen molar-refractivity contribution in [2.75, 3.05) is 18.1 Å². The molecule has 0 aliphatic carbocycles. The summed E-state index contributed by atoms with van der Waals surface area (Å²) in [4.78, 5) is 19.3. The van der Waals surface area contributed by atoms with Crippen LogP contribution in [0.2, 0.25) is 5.02 Å². The predicted molar refractivity (Wildman–Crippen MR) is 110 cm³/mol. The van der Waals surface area contributed by atoms with Gasteiger partial charge in [-0.3, -0.25) is 4.79 Å². The summed E-state index contributed by atoms with van der Waals surface area (Å²) >= 11 is 7.44. The molecule has 0 aliphatic rings. The highest BCUT2D eigenvalue weighted by atomic mass is 35.5. The average molecular weight is 445 g/mol. The lowest BCUT2D eigenvalue weighted by Gasteiger charge is -2.28. The first-order valence-corrected chi connectivity index (χ1v) is 10.1. The van der Waals surface area contributed by atoms with E-state index in [1.807, 2.05) is 18.2 Å². The third-order valence-corrected chi connectivity index (χ3v) is 5.59. The normalized spacial score (nSPS) is 11.6. The summed E-state index contributed by atoms with van der Waals surface area (Å²) in [5.74, 6) is -0.208. The topological polar surface area (TPSA) is 142 Å². The minimum atomic E-state index is -0.898. The number of carbonyl (C=O) groups is 1. The van der Waals surface area contributed by atoms with E-state index in [0.717, 1.165) is 4.90 Å². The van der Waals surface area contributed by atoms with Crippen LogP contribution in [0.4, 0.5) is 6.01 Å². The predicted octanol–water partition coefficient (Wildman–Crippen LogP) is 2.43. The molecule has 0 aliphatic heterocycles. The van der Waals surface area contributed by atoms with Crippen molar-refractivity contribution in [2.24, 2.45) is 0 Å². The molecule has 0 radical (unpaired) electrons. The Bertz CT molecular complexity index is 1050. The van der Waals surface area contributed by atoms with Crippen LogP contribution in [0.3, 0.4) is 0 Å². The molecule has 0 bridgehead atoms. The van der Waals surface area contributed by atoms with Crippen LogP contribution >= 0.6 is 23.4 Å². The fraction of sp³-hybridized carbons (Fsp3) is 0.211. The average Bonchev–Trinajstić information content (AvgIpc) is 3.19. The maximum Gasteiger partial charge on any atom is 0.312 e. The lowest BCUT2D eigenvalue weighted by atomic mass is 10.2. The Morgan fingerprint density at radius 2 is 2.13 bits per heavy atom. The molecule has 3 rings (SSSR count). The summed E-state index contributed by atoms with van der Waals surface area (Å²) in [6.07, 6.45) is 1.50. The van der Waals surface area contributed by atoms with Gasteiger partial charge in [-0.05, 0) is 23.8 Å². The van der Waals surface area contributed by atoms with Crippen LogP contribution in [0, 0.1) is 11.3 Å². The molecule has 1 amide bonds. The molecule has 11 heteroatoms. The fourth-order valence-corrected chi connectivity index (χ4v) is 3.75. The molecule has 0 spiro atoms. The molecule has 3 aromatic rings. The fourth-order valence-electron chi connectivity index (χ4n) is 2.63. The van der Waals surface area contributed by atoms with E-state index in [1.54, 1.807) is 24.3 Å². The number of aliphatic hydroxyl groups is 1. The lowest BCUT2D eigenvalue weighted by molar-refractivity contribution is -0.133. The van der Waals surface area contributed by atoms with E-state index in [9.17, 15) is 9.90 Å². The SMILES string of the molecule is N#Cc1ccc(CN(C(=O)CSc2ccccc2Cl)[C@@H](CO)c2nnc(N)o2)cn1. The Kier molecular flexibility index (Phi) is 7.24. The molecule has 1 aromatic carbocycles. The third-order valence-electron chi connectivity index (χ3n) is 4.09. The molecule has 9 nitrogen and oxygen atoms in total. The monoisotopic (exact) mass is 444 g/mol. The van der Waals surface area contributed by atoms with Gasteiger partial charge < -0.3 is 20.2 Å². The Labute approximate surface area is 181 Å². The Hall–Kier alpha value is -3.13. The van der Waals surface area contributed by atoms with Crippen molar-refractivity contribution in [3.8, 4) is 6.07 Å². The largest absolute Gasteiger partial charge is 0.406 e. The molecule has 154 valence electrons. The van der Waals surface area contributed by atoms with Crippen LogP contribution in [-0.4, -0.2) is 43.5 Å². The van der Waals surface area contributed by atoms with Gasteiger partial charge in [0.05, 0.1) is 17.4 Å². The molecule has 0 saturated carbocycles. The van der Waals surface area contributed by atoms with E-state index in [0.29, 0.717) is 10.6 Å². The zero-order chi connectivity index (χ0) is 21.5. The molecule has 3 N–H and O–H groups in total. The summed E-state index contributed by atoms with van der Waals surface area (Å²) in [5.41, 5.74) is 6.42. The van der Waals surface area contributed by atoms with Gasteiger partial charge in [-0.25, -0.2) is 4.98 Å². The van der Waals surface area contributed by atoms with Gasteiger partial charge in [0.15, 0.2) is 0 Å². The second kappa shape index (κ2) is 10.1. The van der Waals surface area contributed by atoms with Gasteiger partial charge in [0.1, 0.15) is 17.8 Å². The van der Waals surface area contributed by atoms with Gasteiger partial charge in [-0.2, -0.15) is 5.26 Å². The van der Waals surface area contributed by atoms with E-state index in [4.69, 9.17) is 27.0 Å². The van der Waals surface area contributed by atoms with E-state index < -0.39 is 12.6 Å². The maximum atomic E-state index is 13.1. The van der Waals surface area contributed by atoms with Crippen LogP contribution in [0.15, 0.2) is 51.9 Å². The van der Waals surface area contributed by atoms with Crippen molar-refractivity contribution in [1.82, 2.24) is 20.1 Å². The van der Waals surface area contributed by atoms with E-state index >= 15 is 0 Å². The third kappa shape index (κ3) is 5.27. The highest BCUT2D eigenvalue weighted by Gasteiger charge is 2.29. The number of hydrogen-bond donors (Lipinski definition) is 2. The number of nitrogens with zero attached hydrogens (tertiary/aromatic N) is 5. The van der Waals surface area contributed by atoms with Gasteiger partial charge >= 0.3 is 6.01 Å².